The topological polar surface area (TPSA) is 38.0 Å². The predicted octanol–water partition coefficient (Wildman–Crippen LogP) is 3.61. The third-order valence-corrected chi connectivity index (χ3v) is 3.77. The van der Waals surface area contributed by atoms with Gasteiger partial charge in [0.1, 0.15) is 0 Å². The van der Waals surface area contributed by atoms with E-state index in [4.69, 9.17) is 5.84 Å². The van der Waals surface area contributed by atoms with Crippen molar-refractivity contribution in [3.05, 3.63) is 69.4 Å². The number of rotatable bonds is 4. The van der Waals surface area contributed by atoms with Crippen LogP contribution in [0, 0.1) is 17.5 Å². The average molecular weight is 345 g/mol. The zero-order valence-electron chi connectivity index (χ0n) is 10.3. The van der Waals surface area contributed by atoms with Gasteiger partial charge in [-0.05, 0) is 35.7 Å². The molecule has 0 aliphatic heterocycles. The molecule has 0 saturated carbocycles. The second-order valence-corrected chi connectivity index (χ2v) is 5.17. The number of halogens is 4. The van der Waals surface area contributed by atoms with Crippen LogP contribution < -0.4 is 11.3 Å². The molecule has 2 aromatic rings. The Balaban J connectivity index is 2.31. The molecule has 0 fully saturated rings. The SMILES string of the molecule is NNC(Cc1ccccc1Br)c1cc(F)c(F)c(F)c1. The van der Waals surface area contributed by atoms with E-state index in [0.717, 1.165) is 22.2 Å². The second kappa shape index (κ2) is 6.39. The first-order chi connectivity index (χ1) is 9.52. The highest BCUT2D eigenvalue weighted by Gasteiger charge is 2.17. The van der Waals surface area contributed by atoms with Crippen molar-refractivity contribution in [3.8, 4) is 0 Å². The maximum absolute atomic E-state index is 13.3. The van der Waals surface area contributed by atoms with E-state index in [0.29, 0.717) is 6.42 Å². The van der Waals surface area contributed by atoms with Gasteiger partial charge >= 0.3 is 0 Å². The summed E-state index contributed by atoms with van der Waals surface area (Å²) in [5, 5.41) is 0. The molecular weight excluding hydrogens is 333 g/mol. The Morgan fingerprint density at radius 1 is 1.10 bits per heavy atom. The van der Waals surface area contributed by atoms with E-state index in [1.807, 2.05) is 24.3 Å². The van der Waals surface area contributed by atoms with E-state index < -0.39 is 23.5 Å². The van der Waals surface area contributed by atoms with Gasteiger partial charge in [0, 0.05) is 4.47 Å². The second-order valence-electron chi connectivity index (χ2n) is 4.31. The Morgan fingerprint density at radius 2 is 1.70 bits per heavy atom. The highest BCUT2D eigenvalue weighted by molar-refractivity contribution is 9.10. The van der Waals surface area contributed by atoms with Crippen LogP contribution in [0.1, 0.15) is 17.2 Å². The molecule has 2 nitrogen and oxygen atoms in total. The van der Waals surface area contributed by atoms with Crippen molar-refractivity contribution in [1.82, 2.24) is 5.43 Å². The normalized spacial score (nSPS) is 12.4. The fraction of sp³-hybridized carbons (Fsp3) is 0.143. The minimum absolute atomic E-state index is 0.250. The van der Waals surface area contributed by atoms with E-state index in [1.165, 1.54) is 0 Å². The van der Waals surface area contributed by atoms with Gasteiger partial charge in [0.05, 0.1) is 6.04 Å². The van der Waals surface area contributed by atoms with E-state index in [9.17, 15) is 13.2 Å². The first kappa shape index (κ1) is 15.0. The zero-order valence-corrected chi connectivity index (χ0v) is 11.9. The van der Waals surface area contributed by atoms with Crippen LogP contribution in [0.2, 0.25) is 0 Å². The molecule has 0 aromatic heterocycles. The minimum atomic E-state index is -1.48. The van der Waals surface area contributed by atoms with Crippen molar-refractivity contribution in [2.24, 2.45) is 5.84 Å². The van der Waals surface area contributed by atoms with Gasteiger partial charge in [-0.15, -0.1) is 0 Å². The minimum Gasteiger partial charge on any atom is -0.271 e. The number of benzene rings is 2. The maximum atomic E-state index is 13.3. The van der Waals surface area contributed by atoms with Gasteiger partial charge in [0.25, 0.3) is 0 Å². The summed E-state index contributed by atoms with van der Waals surface area (Å²) in [7, 11) is 0. The molecule has 0 spiro atoms. The fourth-order valence-electron chi connectivity index (χ4n) is 1.93. The lowest BCUT2D eigenvalue weighted by atomic mass is 9.99. The largest absolute Gasteiger partial charge is 0.271 e. The van der Waals surface area contributed by atoms with Crippen LogP contribution in [0.15, 0.2) is 40.9 Å². The van der Waals surface area contributed by atoms with Crippen molar-refractivity contribution >= 4 is 15.9 Å². The first-order valence-electron chi connectivity index (χ1n) is 5.87. The molecule has 0 radical (unpaired) electrons. The van der Waals surface area contributed by atoms with Gasteiger partial charge < -0.3 is 0 Å². The molecule has 0 bridgehead atoms. The summed E-state index contributed by atoms with van der Waals surface area (Å²) >= 11 is 3.39. The molecule has 2 rings (SSSR count). The lowest BCUT2D eigenvalue weighted by molar-refractivity contribution is 0.439. The van der Waals surface area contributed by atoms with Gasteiger partial charge in [-0.2, -0.15) is 0 Å². The maximum Gasteiger partial charge on any atom is 0.194 e. The Labute approximate surface area is 122 Å². The van der Waals surface area contributed by atoms with Gasteiger partial charge in [0.15, 0.2) is 17.5 Å². The highest BCUT2D eigenvalue weighted by atomic mass is 79.9. The number of hydrogen-bond donors (Lipinski definition) is 2. The van der Waals surface area contributed by atoms with E-state index in [-0.39, 0.29) is 5.56 Å². The molecule has 20 heavy (non-hydrogen) atoms. The monoisotopic (exact) mass is 344 g/mol. The molecular formula is C14H12BrF3N2. The summed E-state index contributed by atoms with van der Waals surface area (Å²) in [6.07, 6.45) is 0.405. The first-order valence-corrected chi connectivity index (χ1v) is 6.66. The summed E-state index contributed by atoms with van der Waals surface area (Å²) in [5.74, 6) is 1.50. The van der Waals surface area contributed by atoms with Crippen LogP contribution in [0.4, 0.5) is 13.2 Å². The van der Waals surface area contributed by atoms with Crippen LogP contribution >= 0.6 is 15.9 Å². The molecule has 3 N–H and O–H groups in total. The van der Waals surface area contributed by atoms with Gasteiger partial charge in [-0.25, -0.2) is 13.2 Å². The summed E-state index contributed by atoms with van der Waals surface area (Å²) in [6.45, 7) is 0. The lowest BCUT2D eigenvalue weighted by Gasteiger charge is -2.17. The Morgan fingerprint density at radius 3 is 2.25 bits per heavy atom. The quantitative estimate of drug-likeness (QED) is 0.505. The zero-order chi connectivity index (χ0) is 14.7. The van der Waals surface area contributed by atoms with Crippen molar-refractivity contribution in [1.29, 1.82) is 0 Å². The molecule has 1 unspecified atom stereocenters. The summed E-state index contributed by atoms with van der Waals surface area (Å²) in [5.41, 5.74) is 3.66. The van der Waals surface area contributed by atoms with Crippen molar-refractivity contribution in [2.45, 2.75) is 12.5 Å². The highest BCUT2D eigenvalue weighted by Crippen LogP contribution is 2.25. The number of nitrogens with two attached hydrogens (primary N) is 1. The Kier molecular flexibility index (Phi) is 4.80. The van der Waals surface area contributed by atoms with Crippen molar-refractivity contribution in [2.75, 3.05) is 0 Å². The molecule has 0 saturated heterocycles. The third-order valence-electron chi connectivity index (χ3n) is 2.99. The van der Waals surface area contributed by atoms with Crippen LogP contribution in [-0.2, 0) is 6.42 Å². The van der Waals surface area contributed by atoms with Crippen LogP contribution in [0.5, 0.6) is 0 Å². The lowest BCUT2D eigenvalue weighted by Crippen LogP contribution is -2.30. The number of hydrogen-bond acceptors (Lipinski definition) is 2. The average Bonchev–Trinajstić information content (AvgIpc) is 2.43. The third kappa shape index (κ3) is 3.20. The van der Waals surface area contributed by atoms with Gasteiger partial charge in [0.2, 0.25) is 0 Å². The number of nitrogens with one attached hydrogen (secondary N) is 1. The summed E-state index contributed by atoms with van der Waals surface area (Å²) in [6, 6.07) is 8.78. The molecule has 2 aromatic carbocycles. The fourth-order valence-corrected chi connectivity index (χ4v) is 2.38. The molecule has 0 aliphatic carbocycles. The standard InChI is InChI=1S/C14H12BrF3N2/c15-10-4-2-1-3-8(10)7-13(20-19)9-5-11(16)14(18)12(17)6-9/h1-6,13,20H,7,19H2. The molecule has 106 valence electrons. The Bertz CT molecular complexity index is 596. The molecule has 0 aliphatic rings. The predicted molar refractivity (Wildman–Crippen MR) is 74.2 cm³/mol. The van der Waals surface area contributed by atoms with Gasteiger partial charge in [-0.1, -0.05) is 34.1 Å². The summed E-state index contributed by atoms with van der Waals surface area (Å²) < 4.78 is 40.3. The smallest absolute Gasteiger partial charge is 0.194 e. The van der Waals surface area contributed by atoms with E-state index in [2.05, 4.69) is 21.4 Å². The Hall–Kier alpha value is -1.37. The number of hydrazine groups is 1. The molecule has 6 heteroatoms. The van der Waals surface area contributed by atoms with Crippen LogP contribution in [-0.4, -0.2) is 0 Å². The van der Waals surface area contributed by atoms with Crippen LogP contribution in [0.25, 0.3) is 0 Å². The molecule has 1 atom stereocenters. The van der Waals surface area contributed by atoms with Gasteiger partial charge in [-0.3, -0.25) is 11.3 Å². The van der Waals surface area contributed by atoms with Crippen LogP contribution in [0.3, 0.4) is 0 Å². The van der Waals surface area contributed by atoms with E-state index in [1.54, 1.807) is 0 Å². The van der Waals surface area contributed by atoms with E-state index >= 15 is 0 Å². The summed E-state index contributed by atoms with van der Waals surface area (Å²) in [4.78, 5) is 0. The van der Waals surface area contributed by atoms with Crippen molar-refractivity contribution in [3.63, 3.8) is 0 Å². The van der Waals surface area contributed by atoms with Crippen molar-refractivity contribution < 1.29 is 13.2 Å². The molecule has 0 heterocycles. The molecule has 0 amide bonds.